The summed E-state index contributed by atoms with van der Waals surface area (Å²) in [6.07, 6.45) is 0. The molecule has 2 aromatic heterocycles. The molecule has 0 saturated carbocycles. The predicted molar refractivity (Wildman–Crippen MR) is 122 cm³/mol. The Hall–Kier alpha value is -2.68. The lowest BCUT2D eigenvalue weighted by Crippen LogP contribution is -2.60. The van der Waals surface area contributed by atoms with Gasteiger partial charge >= 0.3 is 0 Å². The molecule has 1 fully saturated rings. The number of β-amino-alcohol motifs (C(OH)–C–C–N with tert-alkyl or cyclic N) is 1. The third-order valence-electron chi connectivity index (χ3n) is 5.17. The minimum absolute atomic E-state index is 0.123. The lowest BCUT2D eigenvalue weighted by atomic mass is 9.97. The van der Waals surface area contributed by atoms with Crippen LogP contribution in [0.2, 0.25) is 5.02 Å². The van der Waals surface area contributed by atoms with E-state index in [2.05, 4.69) is 14.7 Å². The second-order valence-electron chi connectivity index (χ2n) is 8.09. The minimum atomic E-state index is -3.97. The number of aromatic nitrogens is 2. The number of hydrogen-bond acceptors (Lipinski definition) is 6. The first kappa shape index (κ1) is 21.5. The number of nitrogens with zero attached hydrogens (tertiary/aromatic N) is 3. The van der Waals surface area contributed by atoms with Crippen molar-refractivity contribution in [3.63, 3.8) is 0 Å². The Morgan fingerprint density at radius 2 is 1.68 bits per heavy atom. The molecule has 9 heteroatoms. The molecule has 0 aliphatic carbocycles. The molecule has 31 heavy (non-hydrogen) atoms. The van der Waals surface area contributed by atoms with Crippen molar-refractivity contribution in [3.8, 4) is 11.3 Å². The van der Waals surface area contributed by atoms with Crippen LogP contribution in [0.3, 0.4) is 0 Å². The summed E-state index contributed by atoms with van der Waals surface area (Å²) < 4.78 is 28.4. The number of benzene rings is 1. The molecule has 0 spiro atoms. The van der Waals surface area contributed by atoms with E-state index in [-0.39, 0.29) is 10.8 Å². The minimum Gasteiger partial charge on any atom is -0.386 e. The standard InChI is InChI=1S/C22H23ClN4O3S/c1-14-6-4-7-15(2)20(14)21-16(23)10-11-17(24-21)26-31(29,30)19-9-5-8-18(25-19)27-12-22(3,28)13-27/h4-11,28H,12-13H2,1-3H3,(H,24,26). The van der Waals surface area contributed by atoms with Crippen LogP contribution in [-0.4, -0.2) is 42.2 Å². The van der Waals surface area contributed by atoms with Gasteiger partial charge in [-0.25, -0.2) is 9.97 Å². The molecule has 3 aromatic rings. The van der Waals surface area contributed by atoms with Gasteiger partial charge in [-0.05, 0) is 56.2 Å². The molecule has 1 saturated heterocycles. The number of aryl methyl sites for hydroxylation is 2. The Labute approximate surface area is 186 Å². The van der Waals surface area contributed by atoms with E-state index in [9.17, 15) is 13.5 Å². The molecule has 1 aliphatic rings. The first-order valence-electron chi connectivity index (χ1n) is 9.76. The zero-order chi connectivity index (χ0) is 22.4. The van der Waals surface area contributed by atoms with Gasteiger partial charge in [0.05, 0.1) is 16.3 Å². The number of rotatable bonds is 5. The number of hydrogen-bond donors (Lipinski definition) is 2. The lowest BCUT2D eigenvalue weighted by Gasteiger charge is -2.44. The highest BCUT2D eigenvalue weighted by molar-refractivity contribution is 7.92. The molecule has 0 bridgehead atoms. The Kier molecular flexibility index (Phi) is 5.41. The van der Waals surface area contributed by atoms with Crippen LogP contribution < -0.4 is 9.62 Å². The molecule has 7 nitrogen and oxygen atoms in total. The van der Waals surface area contributed by atoms with Crippen molar-refractivity contribution >= 4 is 33.3 Å². The predicted octanol–water partition coefficient (Wildman–Crippen LogP) is 3.79. The van der Waals surface area contributed by atoms with Gasteiger partial charge in [-0.2, -0.15) is 8.42 Å². The van der Waals surface area contributed by atoms with Crippen LogP contribution in [0.4, 0.5) is 11.6 Å². The summed E-state index contributed by atoms with van der Waals surface area (Å²) in [5.74, 6) is 0.649. The zero-order valence-electron chi connectivity index (χ0n) is 17.4. The SMILES string of the molecule is Cc1cccc(C)c1-c1nc(NS(=O)(=O)c2cccc(N3CC(C)(O)C3)n2)ccc1Cl. The molecule has 0 amide bonds. The normalized spacial score (nSPS) is 15.5. The average molecular weight is 459 g/mol. The molecule has 1 aromatic carbocycles. The molecule has 0 atom stereocenters. The van der Waals surface area contributed by atoms with Gasteiger partial charge in [0.2, 0.25) is 0 Å². The van der Waals surface area contributed by atoms with Gasteiger partial charge in [-0.15, -0.1) is 0 Å². The van der Waals surface area contributed by atoms with Crippen molar-refractivity contribution in [1.29, 1.82) is 0 Å². The molecule has 162 valence electrons. The van der Waals surface area contributed by atoms with E-state index in [0.717, 1.165) is 16.7 Å². The lowest BCUT2D eigenvalue weighted by molar-refractivity contribution is 0.0305. The maximum absolute atomic E-state index is 13.0. The monoisotopic (exact) mass is 458 g/mol. The van der Waals surface area contributed by atoms with Gasteiger partial charge in [0.15, 0.2) is 5.03 Å². The average Bonchev–Trinajstić information content (AvgIpc) is 2.68. The molecule has 4 rings (SSSR count). The van der Waals surface area contributed by atoms with Crippen molar-refractivity contribution in [3.05, 3.63) is 64.7 Å². The van der Waals surface area contributed by atoms with E-state index in [0.29, 0.717) is 29.6 Å². The van der Waals surface area contributed by atoms with Gasteiger partial charge < -0.3 is 10.0 Å². The molecule has 1 aliphatic heterocycles. The van der Waals surface area contributed by atoms with Crippen molar-refractivity contribution in [1.82, 2.24) is 9.97 Å². The summed E-state index contributed by atoms with van der Waals surface area (Å²) in [7, 11) is -3.97. The fraction of sp³-hybridized carbons (Fsp3) is 0.273. The summed E-state index contributed by atoms with van der Waals surface area (Å²) in [6, 6.07) is 13.8. The molecular weight excluding hydrogens is 436 g/mol. The maximum atomic E-state index is 13.0. The summed E-state index contributed by atoms with van der Waals surface area (Å²) in [5.41, 5.74) is 2.59. The number of sulfonamides is 1. The molecule has 0 unspecified atom stereocenters. The molecule has 0 radical (unpaired) electrons. The van der Waals surface area contributed by atoms with E-state index >= 15 is 0 Å². The van der Waals surface area contributed by atoms with E-state index < -0.39 is 15.6 Å². The quantitative estimate of drug-likeness (QED) is 0.604. The first-order valence-corrected chi connectivity index (χ1v) is 11.6. The van der Waals surface area contributed by atoms with Crippen LogP contribution in [0.25, 0.3) is 11.3 Å². The Balaban J connectivity index is 1.64. The number of halogens is 1. The number of aliphatic hydroxyl groups is 1. The van der Waals surface area contributed by atoms with Crippen LogP contribution in [0.15, 0.2) is 53.6 Å². The van der Waals surface area contributed by atoms with E-state index in [1.54, 1.807) is 25.1 Å². The smallest absolute Gasteiger partial charge is 0.280 e. The van der Waals surface area contributed by atoms with E-state index in [1.807, 2.05) is 36.9 Å². The summed E-state index contributed by atoms with van der Waals surface area (Å²) >= 11 is 6.39. The third kappa shape index (κ3) is 4.37. The van der Waals surface area contributed by atoms with Crippen molar-refractivity contribution in [2.45, 2.75) is 31.4 Å². The highest BCUT2D eigenvalue weighted by atomic mass is 35.5. The summed E-state index contributed by atoms with van der Waals surface area (Å²) in [4.78, 5) is 10.6. The largest absolute Gasteiger partial charge is 0.386 e. The van der Waals surface area contributed by atoms with Crippen LogP contribution in [-0.2, 0) is 10.0 Å². The number of nitrogens with one attached hydrogen (secondary N) is 1. The van der Waals surface area contributed by atoms with Crippen molar-refractivity contribution in [2.24, 2.45) is 0 Å². The van der Waals surface area contributed by atoms with Gasteiger partial charge in [-0.3, -0.25) is 4.72 Å². The van der Waals surface area contributed by atoms with Crippen molar-refractivity contribution < 1.29 is 13.5 Å². The van der Waals surface area contributed by atoms with E-state index in [4.69, 9.17) is 11.6 Å². The van der Waals surface area contributed by atoms with Crippen molar-refractivity contribution in [2.75, 3.05) is 22.7 Å². The first-order chi connectivity index (χ1) is 14.6. The number of pyridine rings is 2. The third-order valence-corrected chi connectivity index (χ3v) is 6.73. The highest BCUT2D eigenvalue weighted by Crippen LogP contribution is 2.33. The second kappa shape index (κ2) is 7.78. The fourth-order valence-electron chi connectivity index (χ4n) is 3.72. The second-order valence-corrected chi connectivity index (χ2v) is 10.1. The van der Waals surface area contributed by atoms with Crippen LogP contribution in [0.5, 0.6) is 0 Å². The Bertz CT molecular complexity index is 1230. The van der Waals surface area contributed by atoms with Gasteiger partial charge in [0, 0.05) is 18.7 Å². The fourth-order valence-corrected chi connectivity index (χ4v) is 4.88. The van der Waals surface area contributed by atoms with Gasteiger partial charge in [-0.1, -0.05) is 35.9 Å². The maximum Gasteiger partial charge on any atom is 0.280 e. The van der Waals surface area contributed by atoms with Gasteiger partial charge in [0.1, 0.15) is 11.6 Å². The highest BCUT2D eigenvalue weighted by Gasteiger charge is 2.37. The van der Waals surface area contributed by atoms with Gasteiger partial charge in [0.25, 0.3) is 10.0 Å². The Morgan fingerprint density at radius 1 is 1.03 bits per heavy atom. The number of anilines is 2. The van der Waals surface area contributed by atoms with Crippen LogP contribution >= 0.6 is 11.6 Å². The van der Waals surface area contributed by atoms with Crippen LogP contribution in [0.1, 0.15) is 18.1 Å². The Morgan fingerprint density at radius 3 is 2.32 bits per heavy atom. The molecule has 3 heterocycles. The topological polar surface area (TPSA) is 95.4 Å². The van der Waals surface area contributed by atoms with Crippen LogP contribution in [0, 0.1) is 13.8 Å². The summed E-state index contributed by atoms with van der Waals surface area (Å²) in [5, 5.41) is 10.2. The van der Waals surface area contributed by atoms with E-state index in [1.165, 1.54) is 12.1 Å². The zero-order valence-corrected chi connectivity index (χ0v) is 19.0. The summed E-state index contributed by atoms with van der Waals surface area (Å²) in [6.45, 7) is 6.44. The molecular formula is C22H23ClN4O3S. The molecule has 2 N–H and O–H groups in total.